The van der Waals surface area contributed by atoms with Gasteiger partial charge in [0.1, 0.15) is 5.82 Å². The quantitative estimate of drug-likeness (QED) is 0.739. The maximum atomic E-state index is 13.0. The fourth-order valence-corrected chi connectivity index (χ4v) is 3.10. The highest BCUT2D eigenvalue weighted by Crippen LogP contribution is 2.39. The summed E-state index contributed by atoms with van der Waals surface area (Å²) in [5.74, 6) is 0.628. The van der Waals surface area contributed by atoms with E-state index in [-0.39, 0.29) is 15.7 Å². The Balaban J connectivity index is 2.21. The second-order valence-corrected chi connectivity index (χ2v) is 6.33. The molecule has 0 radical (unpaired) electrons. The van der Waals surface area contributed by atoms with Crippen LogP contribution in [0.4, 0.5) is 19.0 Å². The van der Waals surface area contributed by atoms with Crippen LogP contribution in [0.5, 0.6) is 0 Å². The number of benzene rings is 1. The molecule has 0 fully saturated rings. The molecule has 0 unspecified atom stereocenters. The summed E-state index contributed by atoms with van der Waals surface area (Å²) < 4.78 is 40.4. The van der Waals surface area contributed by atoms with Gasteiger partial charge in [0.15, 0.2) is 5.11 Å². The second kappa shape index (κ2) is 6.25. The van der Waals surface area contributed by atoms with Gasteiger partial charge in [-0.25, -0.2) is 0 Å². The lowest BCUT2D eigenvalue weighted by Crippen LogP contribution is -2.22. The number of hydrogen-bond acceptors (Lipinski definition) is 3. The molecule has 2 heterocycles. The lowest BCUT2D eigenvalue weighted by molar-refractivity contribution is -0.137. The number of aromatic nitrogens is 2. The molecule has 0 bridgehead atoms. The highest BCUT2D eigenvalue weighted by atomic mass is 35.5. The van der Waals surface area contributed by atoms with Gasteiger partial charge in [0.05, 0.1) is 16.3 Å². The average molecular weight is 375 g/mol. The Kier molecular flexibility index (Phi) is 4.44. The highest BCUT2D eigenvalue weighted by molar-refractivity contribution is 7.80. The third-order valence-corrected chi connectivity index (χ3v) is 4.39. The van der Waals surface area contributed by atoms with Crippen LogP contribution >= 0.6 is 23.8 Å². The van der Waals surface area contributed by atoms with Crippen molar-refractivity contribution < 1.29 is 13.2 Å². The van der Waals surface area contributed by atoms with Crippen LogP contribution in [0.1, 0.15) is 24.0 Å². The van der Waals surface area contributed by atoms with Crippen molar-refractivity contribution in [2.24, 2.45) is 5.73 Å². The molecule has 1 aliphatic rings. The van der Waals surface area contributed by atoms with Gasteiger partial charge in [-0.15, -0.1) is 0 Å². The van der Waals surface area contributed by atoms with Crippen LogP contribution in [-0.2, 0) is 12.6 Å². The number of nitrogens with two attached hydrogens (primary N) is 1. The molecular weight excluding hydrogens is 361 g/mol. The molecule has 9 heteroatoms. The zero-order chi connectivity index (χ0) is 17.5. The molecule has 0 saturated heterocycles. The first-order chi connectivity index (χ1) is 11.3. The topological polar surface area (TPSA) is 55.9 Å². The monoisotopic (exact) mass is 374 g/mol. The van der Waals surface area contributed by atoms with E-state index in [1.165, 1.54) is 10.7 Å². The van der Waals surface area contributed by atoms with Gasteiger partial charge in [0, 0.05) is 17.7 Å². The first-order valence-corrected chi connectivity index (χ1v) is 8.10. The van der Waals surface area contributed by atoms with E-state index in [1.807, 2.05) is 0 Å². The van der Waals surface area contributed by atoms with Gasteiger partial charge in [-0.1, -0.05) is 11.6 Å². The summed E-state index contributed by atoms with van der Waals surface area (Å²) in [5.41, 5.74) is 6.30. The van der Waals surface area contributed by atoms with Crippen molar-refractivity contribution in [3.05, 3.63) is 34.3 Å². The third-order valence-electron chi connectivity index (χ3n) is 3.89. The molecule has 0 spiro atoms. The molecule has 1 aromatic carbocycles. The van der Waals surface area contributed by atoms with Crippen molar-refractivity contribution in [2.45, 2.75) is 25.4 Å². The van der Waals surface area contributed by atoms with Gasteiger partial charge in [-0.05, 0) is 49.7 Å². The molecule has 0 amide bonds. The van der Waals surface area contributed by atoms with Crippen molar-refractivity contribution >= 4 is 34.7 Å². The fraction of sp³-hybridized carbons (Fsp3) is 0.333. The minimum Gasteiger partial charge on any atom is -0.374 e. The standard InChI is InChI=1S/C15H14ClF3N4S/c16-11-5-4-8(15(17,18)19)7-10(11)12-9-3-1-2-6-21-13(9)23(22-12)14(20)24/h4-5,7,21H,1-3,6H2,(H2,20,24). The summed E-state index contributed by atoms with van der Waals surface area (Å²) in [7, 11) is 0. The van der Waals surface area contributed by atoms with E-state index >= 15 is 0 Å². The zero-order valence-electron chi connectivity index (χ0n) is 12.5. The Labute approximate surface area is 146 Å². The molecule has 1 aromatic heterocycles. The molecule has 3 rings (SSSR count). The number of thiocarbonyl (C=S) groups is 1. The van der Waals surface area contributed by atoms with Crippen LogP contribution in [0.15, 0.2) is 18.2 Å². The maximum absolute atomic E-state index is 13.0. The van der Waals surface area contributed by atoms with E-state index in [0.29, 0.717) is 17.9 Å². The fourth-order valence-electron chi connectivity index (χ4n) is 2.76. The molecular formula is C15H14ClF3N4S. The summed E-state index contributed by atoms with van der Waals surface area (Å²) in [4.78, 5) is 0. The summed E-state index contributed by atoms with van der Waals surface area (Å²) in [6.45, 7) is 0.719. The molecule has 4 nitrogen and oxygen atoms in total. The molecule has 0 atom stereocenters. The number of anilines is 1. The third kappa shape index (κ3) is 3.08. The van der Waals surface area contributed by atoms with E-state index < -0.39 is 11.7 Å². The Morgan fingerprint density at radius 1 is 1.33 bits per heavy atom. The number of nitrogens with zero attached hydrogens (tertiary/aromatic N) is 2. The summed E-state index contributed by atoms with van der Waals surface area (Å²) in [6.07, 6.45) is -1.98. The van der Waals surface area contributed by atoms with Gasteiger partial charge >= 0.3 is 6.18 Å². The number of alkyl halides is 3. The van der Waals surface area contributed by atoms with Gasteiger partial charge in [0.25, 0.3) is 0 Å². The normalized spacial score (nSPS) is 14.7. The van der Waals surface area contributed by atoms with E-state index in [0.717, 1.165) is 37.1 Å². The predicted molar refractivity (Wildman–Crippen MR) is 91.3 cm³/mol. The van der Waals surface area contributed by atoms with Crippen LogP contribution in [-0.4, -0.2) is 21.4 Å². The van der Waals surface area contributed by atoms with Crippen molar-refractivity contribution in [1.29, 1.82) is 0 Å². The van der Waals surface area contributed by atoms with Gasteiger partial charge in [-0.2, -0.15) is 23.0 Å². The highest BCUT2D eigenvalue weighted by Gasteiger charge is 2.32. The number of rotatable bonds is 1. The minimum absolute atomic E-state index is 0.0231. The average Bonchev–Trinajstić information content (AvgIpc) is 2.69. The van der Waals surface area contributed by atoms with E-state index in [9.17, 15) is 13.2 Å². The molecule has 1 aliphatic heterocycles. The van der Waals surface area contributed by atoms with Crippen LogP contribution in [0, 0.1) is 0 Å². The minimum atomic E-state index is -4.46. The van der Waals surface area contributed by atoms with E-state index in [1.54, 1.807) is 0 Å². The van der Waals surface area contributed by atoms with Gasteiger partial charge in [-0.3, -0.25) is 0 Å². The predicted octanol–water partition coefficient (Wildman–Crippen LogP) is 4.06. The summed E-state index contributed by atoms with van der Waals surface area (Å²) >= 11 is 11.1. The van der Waals surface area contributed by atoms with E-state index in [4.69, 9.17) is 29.6 Å². The number of halogens is 4. The Morgan fingerprint density at radius 2 is 2.08 bits per heavy atom. The van der Waals surface area contributed by atoms with Crippen molar-refractivity contribution in [3.63, 3.8) is 0 Å². The first kappa shape index (κ1) is 17.0. The molecule has 0 aliphatic carbocycles. The van der Waals surface area contributed by atoms with Crippen molar-refractivity contribution in [2.75, 3.05) is 11.9 Å². The molecule has 2 aromatic rings. The zero-order valence-corrected chi connectivity index (χ0v) is 14.0. The van der Waals surface area contributed by atoms with Crippen molar-refractivity contribution in [3.8, 4) is 11.3 Å². The van der Waals surface area contributed by atoms with Gasteiger partial charge in [0.2, 0.25) is 0 Å². The lowest BCUT2D eigenvalue weighted by Gasteiger charge is -2.10. The number of hydrogen-bond donors (Lipinski definition) is 2. The summed E-state index contributed by atoms with van der Waals surface area (Å²) in [5, 5.41) is 7.74. The van der Waals surface area contributed by atoms with E-state index in [2.05, 4.69) is 10.4 Å². The Hall–Kier alpha value is -1.80. The molecule has 24 heavy (non-hydrogen) atoms. The van der Waals surface area contributed by atoms with Crippen LogP contribution in [0.25, 0.3) is 11.3 Å². The maximum Gasteiger partial charge on any atom is 0.416 e. The number of fused-ring (bicyclic) bond motifs is 1. The van der Waals surface area contributed by atoms with Crippen LogP contribution < -0.4 is 11.1 Å². The first-order valence-electron chi connectivity index (χ1n) is 7.31. The second-order valence-electron chi connectivity index (χ2n) is 5.50. The Bertz CT molecular complexity index is 801. The number of nitrogens with one attached hydrogen (secondary N) is 1. The molecule has 128 valence electrons. The summed E-state index contributed by atoms with van der Waals surface area (Å²) in [6, 6.07) is 3.20. The van der Waals surface area contributed by atoms with Crippen molar-refractivity contribution in [1.82, 2.24) is 9.78 Å². The molecule has 0 saturated carbocycles. The smallest absolute Gasteiger partial charge is 0.374 e. The lowest BCUT2D eigenvalue weighted by atomic mass is 10.0. The Morgan fingerprint density at radius 3 is 2.75 bits per heavy atom. The largest absolute Gasteiger partial charge is 0.416 e. The molecule has 3 N–H and O–H groups in total. The SMILES string of the molecule is NC(=S)n1nc(-c2cc(C(F)(F)F)ccc2Cl)c2c1NCCCC2. The van der Waals surface area contributed by atoms with Crippen LogP contribution in [0.3, 0.4) is 0 Å². The van der Waals surface area contributed by atoms with Crippen LogP contribution in [0.2, 0.25) is 5.02 Å². The van der Waals surface area contributed by atoms with Gasteiger partial charge < -0.3 is 11.1 Å².